The van der Waals surface area contributed by atoms with E-state index in [0.29, 0.717) is 49.8 Å². The van der Waals surface area contributed by atoms with Gasteiger partial charge < -0.3 is 20.1 Å². The molecule has 0 atom stereocenters. The first-order valence-corrected chi connectivity index (χ1v) is 9.62. The summed E-state index contributed by atoms with van der Waals surface area (Å²) in [6, 6.07) is 3.75. The van der Waals surface area contributed by atoms with E-state index in [2.05, 4.69) is 25.2 Å². The van der Waals surface area contributed by atoms with Gasteiger partial charge in [0.05, 0.1) is 6.42 Å². The molecule has 3 rings (SSSR count). The lowest BCUT2D eigenvalue weighted by atomic mass is 10.1. The maximum Gasteiger partial charge on any atom is 0.254 e. The Balaban J connectivity index is 1.64. The monoisotopic (exact) mass is 398 g/mol. The predicted octanol–water partition coefficient (Wildman–Crippen LogP) is 0.309. The smallest absolute Gasteiger partial charge is 0.254 e. The van der Waals surface area contributed by atoms with Crippen molar-refractivity contribution in [3.8, 4) is 0 Å². The number of rotatable bonds is 5. The molecule has 0 saturated carbocycles. The molecule has 0 aromatic carbocycles. The predicted molar refractivity (Wildman–Crippen MR) is 109 cm³/mol. The Morgan fingerprint density at radius 2 is 1.93 bits per heavy atom. The number of hydrogen-bond donors (Lipinski definition) is 2. The number of pyridine rings is 1. The molecule has 0 unspecified atom stereocenters. The van der Waals surface area contributed by atoms with Crippen molar-refractivity contribution in [2.75, 3.05) is 31.1 Å². The summed E-state index contributed by atoms with van der Waals surface area (Å²) >= 11 is 0. The zero-order valence-electron chi connectivity index (χ0n) is 17.0. The lowest BCUT2D eigenvalue weighted by molar-refractivity contribution is -0.129. The van der Waals surface area contributed by atoms with Crippen LogP contribution < -0.4 is 15.8 Å². The van der Waals surface area contributed by atoms with Crippen LogP contribution in [0.15, 0.2) is 23.1 Å². The largest absolute Gasteiger partial charge is 0.353 e. The van der Waals surface area contributed by atoms with Crippen LogP contribution in [0.4, 0.5) is 5.82 Å². The number of nitrogens with zero attached hydrogens (tertiary/aromatic N) is 4. The van der Waals surface area contributed by atoms with Crippen molar-refractivity contribution < 1.29 is 9.59 Å². The van der Waals surface area contributed by atoms with Gasteiger partial charge in [-0.15, -0.1) is 0 Å². The molecule has 1 saturated heterocycles. The van der Waals surface area contributed by atoms with Crippen molar-refractivity contribution in [2.45, 2.75) is 33.7 Å². The quantitative estimate of drug-likeness (QED) is 0.750. The number of nitrogens with one attached hydrogen (secondary N) is 2. The van der Waals surface area contributed by atoms with Gasteiger partial charge in [-0.1, -0.05) is 6.07 Å². The van der Waals surface area contributed by atoms with Gasteiger partial charge in [0.1, 0.15) is 11.6 Å². The molecule has 0 bridgehead atoms. The van der Waals surface area contributed by atoms with Crippen LogP contribution in [-0.4, -0.2) is 57.8 Å². The van der Waals surface area contributed by atoms with Gasteiger partial charge in [0.25, 0.3) is 5.56 Å². The summed E-state index contributed by atoms with van der Waals surface area (Å²) in [5.74, 6) is 1.16. The third-order valence-corrected chi connectivity index (χ3v) is 5.05. The minimum absolute atomic E-state index is 0.0265. The van der Waals surface area contributed by atoms with Crippen molar-refractivity contribution in [3.05, 3.63) is 51.3 Å². The summed E-state index contributed by atoms with van der Waals surface area (Å²) < 4.78 is 0. The maximum absolute atomic E-state index is 12.4. The highest BCUT2D eigenvalue weighted by atomic mass is 16.2. The van der Waals surface area contributed by atoms with Crippen molar-refractivity contribution in [1.29, 1.82) is 0 Å². The van der Waals surface area contributed by atoms with Gasteiger partial charge in [-0.2, -0.15) is 0 Å². The molecule has 29 heavy (non-hydrogen) atoms. The summed E-state index contributed by atoms with van der Waals surface area (Å²) in [6.07, 6.45) is 1.69. The zero-order chi connectivity index (χ0) is 21.0. The van der Waals surface area contributed by atoms with Crippen LogP contribution in [0.5, 0.6) is 0 Å². The number of anilines is 1. The van der Waals surface area contributed by atoms with Gasteiger partial charge in [0.2, 0.25) is 11.8 Å². The fourth-order valence-electron chi connectivity index (χ4n) is 3.46. The normalized spacial score (nSPS) is 14.0. The van der Waals surface area contributed by atoms with Gasteiger partial charge in [-0.05, 0) is 19.9 Å². The number of hydrogen-bond acceptors (Lipinski definition) is 6. The Morgan fingerprint density at radius 3 is 2.59 bits per heavy atom. The molecule has 9 heteroatoms. The second-order valence-electron chi connectivity index (χ2n) is 7.15. The van der Waals surface area contributed by atoms with E-state index in [1.165, 1.54) is 0 Å². The molecule has 9 nitrogen and oxygen atoms in total. The van der Waals surface area contributed by atoms with Crippen molar-refractivity contribution >= 4 is 17.6 Å². The number of piperazine rings is 1. The van der Waals surface area contributed by atoms with Crippen LogP contribution in [0.3, 0.4) is 0 Å². The molecule has 2 aromatic heterocycles. The first-order chi connectivity index (χ1) is 13.8. The number of carbonyl (C=O) groups is 2. The van der Waals surface area contributed by atoms with Gasteiger partial charge >= 0.3 is 0 Å². The molecule has 0 spiro atoms. The standard InChI is InChI=1S/C20H26N6O3/c1-13-17(20(29)24-14(2)23-13)11-18(28)22-12-16-5-4-6-21-19(16)26-9-7-25(8-10-26)15(3)27/h4-6H,7-12H2,1-3H3,(H,22,28)(H,23,24,29). The highest BCUT2D eigenvalue weighted by Crippen LogP contribution is 2.19. The molecule has 1 aliphatic rings. The van der Waals surface area contributed by atoms with Crippen molar-refractivity contribution in [3.63, 3.8) is 0 Å². The number of aromatic nitrogens is 3. The minimum Gasteiger partial charge on any atom is -0.353 e. The zero-order valence-corrected chi connectivity index (χ0v) is 17.0. The second kappa shape index (κ2) is 8.85. The molecule has 154 valence electrons. The van der Waals surface area contributed by atoms with Crippen molar-refractivity contribution in [1.82, 2.24) is 25.2 Å². The third-order valence-electron chi connectivity index (χ3n) is 5.05. The number of H-pyrrole nitrogens is 1. The Bertz CT molecular complexity index is 963. The van der Waals surface area contributed by atoms with Gasteiger partial charge in [-0.3, -0.25) is 14.4 Å². The van der Waals surface area contributed by atoms with Crippen LogP contribution in [0.2, 0.25) is 0 Å². The molecule has 0 radical (unpaired) electrons. The van der Waals surface area contributed by atoms with Crippen LogP contribution in [0, 0.1) is 13.8 Å². The first-order valence-electron chi connectivity index (χ1n) is 9.62. The average molecular weight is 398 g/mol. The fourth-order valence-corrected chi connectivity index (χ4v) is 3.46. The number of aryl methyl sites for hydroxylation is 2. The molecule has 0 aliphatic carbocycles. The van der Waals surface area contributed by atoms with Gasteiger partial charge in [-0.25, -0.2) is 9.97 Å². The summed E-state index contributed by atoms with van der Waals surface area (Å²) in [7, 11) is 0. The topological polar surface area (TPSA) is 111 Å². The fraction of sp³-hybridized carbons (Fsp3) is 0.450. The van der Waals surface area contributed by atoms with Gasteiger partial charge in [0.15, 0.2) is 0 Å². The van der Waals surface area contributed by atoms with Crippen LogP contribution in [0.25, 0.3) is 0 Å². The highest BCUT2D eigenvalue weighted by molar-refractivity contribution is 5.78. The molecule has 2 amide bonds. The molecular formula is C20H26N6O3. The molecule has 2 N–H and O–H groups in total. The maximum atomic E-state index is 12.4. The van der Waals surface area contributed by atoms with E-state index in [1.54, 1.807) is 27.0 Å². The average Bonchev–Trinajstić information content (AvgIpc) is 2.69. The second-order valence-corrected chi connectivity index (χ2v) is 7.15. The number of carbonyl (C=O) groups excluding carboxylic acids is 2. The Hall–Kier alpha value is -3.23. The number of aromatic amines is 1. The van der Waals surface area contributed by atoms with Gasteiger partial charge in [0, 0.05) is 62.7 Å². The van der Waals surface area contributed by atoms with E-state index in [0.717, 1.165) is 11.4 Å². The minimum atomic E-state index is -0.282. The Kier molecular flexibility index (Phi) is 6.26. The van der Waals surface area contributed by atoms with Crippen molar-refractivity contribution in [2.24, 2.45) is 0 Å². The van der Waals surface area contributed by atoms with E-state index in [-0.39, 0.29) is 23.8 Å². The van der Waals surface area contributed by atoms with E-state index in [9.17, 15) is 14.4 Å². The molecular weight excluding hydrogens is 372 g/mol. The number of amides is 2. The van der Waals surface area contributed by atoms with Crippen LogP contribution in [-0.2, 0) is 22.6 Å². The summed E-state index contributed by atoms with van der Waals surface area (Å²) in [6.45, 7) is 8.02. The van der Waals surface area contributed by atoms with E-state index >= 15 is 0 Å². The third kappa shape index (κ3) is 4.98. The molecule has 1 aliphatic heterocycles. The van der Waals surface area contributed by atoms with Crippen LogP contribution in [0.1, 0.15) is 29.6 Å². The molecule has 2 aromatic rings. The first kappa shape index (κ1) is 20.5. The Labute approximate surface area is 169 Å². The molecule has 1 fully saturated rings. The molecule has 3 heterocycles. The van der Waals surface area contributed by atoms with E-state index < -0.39 is 0 Å². The van der Waals surface area contributed by atoms with E-state index in [4.69, 9.17) is 0 Å². The highest BCUT2D eigenvalue weighted by Gasteiger charge is 2.21. The van der Waals surface area contributed by atoms with E-state index in [1.807, 2.05) is 17.0 Å². The SMILES string of the molecule is CC(=O)N1CCN(c2ncccc2CNC(=O)Cc2c(C)nc(C)[nH]c2=O)CC1. The summed E-state index contributed by atoms with van der Waals surface area (Å²) in [5, 5.41) is 2.87. The lowest BCUT2D eigenvalue weighted by Crippen LogP contribution is -2.48. The lowest BCUT2D eigenvalue weighted by Gasteiger charge is -2.35. The van der Waals surface area contributed by atoms with Crippen LogP contribution >= 0.6 is 0 Å². The summed E-state index contributed by atoms with van der Waals surface area (Å²) in [5.41, 5.74) is 1.55. The Morgan fingerprint density at radius 1 is 1.21 bits per heavy atom. The summed E-state index contributed by atoms with van der Waals surface area (Å²) in [4.78, 5) is 51.3.